The highest BCUT2D eigenvalue weighted by Gasteiger charge is 2.32. The second kappa shape index (κ2) is 8.14. The summed E-state index contributed by atoms with van der Waals surface area (Å²) in [6.45, 7) is 1.91. The van der Waals surface area contributed by atoms with Crippen LogP contribution in [0, 0.1) is 6.92 Å². The molecular formula is C19H15F3N2OS2. The highest BCUT2D eigenvalue weighted by molar-refractivity contribution is 7.99. The van der Waals surface area contributed by atoms with Gasteiger partial charge in [0.05, 0.1) is 26.9 Å². The molecule has 1 amide bonds. The Labute approximate surface area is 162 Å². The van der Waals surface area contributed by atoms with Crippen LogP contribution in [-0.4, -0.2) is 16.6 Å². The fourth-order valence-electron chi connectivity index (χ4n) is 2.35. The number of thioether (sulfide) groups is 1. The Morgan fingerprint density at radius 3 is 2.67 bits per heavy atom. The van der Waals surface area contributed by atoms with Crippen LogP contribution in [0.2, 0.25) is 0 Å². The number of aryl methyl sites for hydroxylation is 1. The van der Waals surface area contributed by atoms with E-state index in [9.17, 15) is 18.0 Å². The molecule has 3 aromatic rings. The zero-order chi connectivity index (χ0) is 19.4. The number of carbonyl (C=O) groups is 1. The molecule has 27 heavy (non-hydrogen) atoms. The highest BCUT2D eigenvalue weighted by atomic mass is 32.2. The second-order valence-corrected chi connectivity index (χ2v) is 7.70. The van der Waals surface area contributed by atoms with Crippen molar-refractivity contribution in [2.24, 2.45) is 0 Å². The average Bonchev–Trinajstić information content (AvgIpc) is 3.14. The smallest absolute Gasteiger partial charge is 0.325 e. The van der Waals surface area contributed by atoms with E-state index in [1.807, 2.05) is 25.1 Å². The van der Waals surface area contributed by atoms with E-state index in [2.05, 4.69) is 10.3 Å². The van der Waals surface area contributed by atoms with Crippen LogP contribution < -0.4 is 5.32 Å². The average molecular weight is 408 g/mol. The molecule has 1 aromatic carbocycles. The van der Waals surface area contributed by atoms with Crippen LogP contribution in [0.4, 0.5) is 18.9 Å². The molecule has 2 heterocycles. The maximum Gasteiger partial charge on any atom is 0.416 e. The van der Waals surface area contributed by atoms with Crippen molar-refractivity contribution in [2.75, 3.05) is 11.1 Å². The minimum Gasteiger partial charge on any atom is -0.325 e. The molecular weight excluding hydrogens is 393 g/mol. The van der Waals surface area contributed by atoms with Gasteiger partial charge in [-0.3, -0.25) is 4.79 Å². The summed E-state index contributed by atoms with van der Waals surface area (Å²) < 4.78 is 39.6. The van der Waals surface area contributed by atoms with Crippen LogP contribution in [0.1, 0.15) is 11.1 Å². The third-order valence-electron chi connectivity index (χ3n) is 3.56. The lowest BCUT2D eigenvalue weighted by molar-refractivity contribution is -0.137. The number of pyridine rings is 1. The summed E-state index contributed by atoms with van der Waals surface area (Å²) in [6.07, 6.45) is -4.48. The molecule has 8 heteroatoms. The van der Waals surface area contributed by atoms with Crippen molar-refractivity contribution in [1.82, 2.24) is 4.98 Å². The monoisotopic (exact) mass is 408 g/mol. The molecule has 140 valence electrons. The molecule has 0 aliphatic carbocycles. The van der Waals surface area contributed by atoms with E-state index in [0.717, 1.165) is 29.5 Å². The van der Waals surface area contributed by atoms with Crippen molar-refractivity contribution in [3.8, 4) is 10.6 Å². The Bertz CT molecular complexity index is 940. The first-order valence-electron chi connectivity index (χ1n) is 7.94. The number of rotatable bonds is 5. The van der Waals surface area contributed by atoms with Gasteiger partial charge in [0.1, 0.15) is 0 Å². The fourth-order valence-corrected chi connectivity index (χ4v) is 3.76. The topological polar surface area (TPSA) is 42.0 Å². The first-order valence-corrected chi connectivity index (χ1v) is 9.80. The number of anilines is 1. The predicted molar refractivity (Wildman–Crippen MR) is 103 cm³/mol. The van der Waals surface area contributed by atoms with Gasteiger partial charge in [-0.25, -0.2) is 4.98 Å². The van der Waals surface area contributed by atoms with Gasteiger partial charge in [0, 0.05) is 5.69 Å². The summed E-state index contributed by atoms with van der Waals surface area (Å²) in [6, 6.07) is 12.8. The van der Waals surface area contributed by atoms with Crippen LogP contribution in [0.5, 0.6) is 0 Å². The van der Waals surface area contributed by atoms with Crippen molar-refractivity contribution in [1.29, 1.82) is 0 Å². The molecule has 0 saturated carbocycles. The Morgan fingerprint density at radius 2 is 2.00 bits per heavy atom. The van der Waals surface area contributed by atoms with Gasteiger partial charge < -0.3 is 5.32 Å². The predicted octanol–water partition coefficient (Wildman–Crippen LogP) is 5.87. The number of thiophene rings is 1. The van der Waals surface area contributed by atoms with E-state index in [1.165, 1.54) is 11.3 Å². The standard InChI is InChI=1S/C19H15F3N2OS2/c1-12-4-2-5-14(8-12)23-17(25)11-27-18-10-13(19(20,21)22)9-15(24-18)16-6-3-7-26-16/h2-10H,11H2,1H3,(H,23,25). The molecule has 0 spiro atoms. The number of alkyl halides is 3. The van der Waals surface area contributed by atoms with Gasteiger partial charge in [-0.15, -0.1) is 11.3 Å². The molecule has 3 rings (SSSR count). The molecule has 0 unspecified atom stereocenters. The number of halogens is 3. The lowest BCUT2D eigenvalue weighted by Gasteiger charge is -2.11. The van der Waals surface area contributed by atoms with Crippen LogP contribution in [0.15, 0.2) is 58.9 Å². The number of nitrogens with zero attached hydrogens (tertiary/aromatic N) is 1. The summed E-state index contributed by atoms with van der Waals surface area (Å²) in [5, 5.41) is 4.67. The minimum atomic E-state index is -4.48. The van der Waals surface area contributed by atoms with Crippen LogP contribution in [-0.2, 0) is 11.0 Å². The van der Waals surface area contributed by atoms with Crippen LogP contribution in [0.3, 0.4) is 0 Å². The van der Waals surface area contributed by atoms with Crippen LogP contribution in [0.25, 0.3) is 10.6 Å². The van der Waals surface area contributed by atoms with Gasteiger partial charge in [0.25, 0.3) is 0 Å². The Kier molecular flexibility index (Phi) is 5.86. The van der Waals surface area contributed by atoms with E-state index in [-0.39, 0.29) is 22.4 Å². The van der Waals surface area contributed by atoms with E-state index >= 15 is 0 Å². The third kappa shape index (κ3) is 5.33. The van der Waals surface area contributed by atoms with Gasteiger partial charge in [-0.1, -0.05) is 30.0 Å². The number of hydrogen-bond acceptors (Lipinski definition) is 4. The van der Waals surface area contributed by atoms with E-state index < -0.39 is 11.7 Å². The quantitative estimate of drug-likeness (QED) is 0.537. The van der Waals surface area contributed by atoms with Gasteiger partial charge in [-0.05, 0) is 48.2 Å². The second-order valence-electron chi connectivity index (χ2n) is 5.76. The normalized spacial score (nSPS) is 11.4. The summed E-state index contributed by atoms with van der Waals surface area (Å²) in [5.41, 5.74) is 1.13. The number of carbonyl (C=O) groups excluding carboxylic acids is 1. The van der Waals surface area contributed by atoms with Gasteiger partial charge in [0.2, 0.25) is 5.91 Å². The summed E-state index contributed by atoms with van der Waals surface area (Å²) in [7, 11) is 0. The molecule has 0 saturated heterocycles. The van der Waals surface area contributed by atoms with E-state index in [4.69, 9.17) is 0 Å². The van der Waals surface area contributed by atoms with Crippen molar-refractivity contribution >= 4 is 34.7 Å². The summed E-state index contributed by atoms with van der Waals surface area (Å²) >= 11 is 2.29. The fraction of sp³-hybridized carbons (Fsp3) is 0.158. The first kappa shape index (κ1) is 19.4. The maximum absolute atomic E-state index is 13.2. The molecule has 0 aliphatic heterocycles. The van der Waals surface area contributed by atoms with E-state index in [1.54, 1.807) is 23.6 Å². The molecule has 0 bridgehead atoms. The first-order chi connectivity index (χ1) is 12.8. The minimum absolute atomic E-state index is 0.0356. The van der Waals surface area contributed by atoms with E-state index in [0.29, 0.717) is 10.6 Å². The molecule has 0 fully saturated rings. The SMILES string of the molecule is Cc1cccc(NC(=O)CSc2cc(C(F)(F)F)cc(-c3cccs3)n2)c1. The maximum atomic E-state index is 13.2. The number of benzene rings is 1. The molecule has 0 radical (unpaired) electrons. The molecule has 1 N–H and O–H groups in total. The number of amides is 1. The number of aromatic nitrogens is 1. The van der Waals surface area contributed by atoms with Crippen LogP contribution >= 0.6 is 23.1 Å². The molecule has 2 aromatic heterocycles. The molecule has 3 nitrogen and oxygen atoms in total. The lowest BCUT2D eigenvalue weighted by Crippen LogP contribution is -2.14. The molecule has 0 aliphatic rings. The van der Waals surface area contributed by atoms with Crippen molar-refractivity contribution in [2.45, 2.75) is 18.1 Å². The number of nitrogens with one attached hydrogen (secondary N) is 1. The largest absolute Gasteiger partial charge is 0.416 e. The van der Waals surface area contributed by atoms with Gasteiger partial charge >= 0.3 is 6.18 Å². The van der Waals surface area contributed by atoms with Crippen molar-refractivity contribution in [3.63, 3.8) is 0 Å². The Hall–Kier alpha value is -2.32. The highest BCUT2D eigenvalue weighted by Crippen LogP contribution is 2.35. The Morgan fingerprint density at radius 1 is 1.19 bits per heavy atom. The molecule has 0 atom stereocenters. The zero-order valence-corrected chi connectivity index (χ0v) is 15.8. The summed E-state index contributed by atoms with van der Waals surface area (Å²) in [4.78, 5) is 17.0. The van der Waals surface area contributed by atoms with Gasteiger partial charge in [0.15, 0.2) is 0 Å². The Balaban J connectivity index is 1.75. The lowest BCUT2D eigenvalue weighted by atomic mass is 10.2. The zero-order valence-electron chi connectivity index (χ0n) is 14.2. The van der Waals surface area contributed by atoms with Gasteiger partial charge in [-0.2, -0.15) is 13.2 Å². The number of hydrogen-bond donors (Lipinski definition) is 1. The van der Waals surface area contributed by atoms with Crippen molar-refractivity contribution < 1.29 is 18.0 Å². The summed E-state index contributed by atoms with van der Waals surface area (Å²) in [5.74, 6) is -0.339. The third-order valence-corrected chi connectivity index (χ3v) is 5.36. The van der Waals surface area contributed by atoms with Crippen molar-refractivity contribution in [3.05, 3.63) is 65.0 Å².